The number of rotatable bonds is 5. The van der Waals surface area contributed by atoms with Crippen molar-refractivity contribution in [2.75, 3.05) is 4.90 Å². The largest absolute Gasteiger partial charge is 0.454 e. The van der Waals surface area contributed by atoms with Gasteiger partial charge in [0.2, 0.25) is 0 Å². The molecule has 57 heavy (non-hydrogen) atoms. The first-order chi connectivity index (χ1) is 28.3. The molecule has 2 aromatic heterocycles. The van der Waals surface area contributed by atoms with Crippen molar-refractivity contribution >= 4 is 93.3 Å². The molecule has 0 N–H and O–H groups in total. The predicted molar refractivity (Wildman–Crippen MR) is 239 cm³/mol. The summed E-state index contributed by atoms with van der Waals surface area (Å²) in [7, 11) is 0. The molecule has 0 fully saturated rings. The maximum Gasteiger partial charge on any atom is 0.159 e. The first kappa shape index (κ1) is 31.7. The second-order valence-corrected chi connectivity index (χ2v) is 14.8. The summed E-state index contributed by atoms with van der Waals surface area (Å²) in [6.45, 7) is 0. The molecule has 266 valence electrons. The molecule has 0 spiro atoms. The Bertz CT molecular complexity index is 3420. The number of benzene rings is 10. The molecule has 12 rings (SSSR count). The Kier molecular flexibility index (Phi) is 6.93. The summed E-state index contributed by atoms with van der Waals surface area (Å²) in [6.07, 6.45) is 0. The van der Waals surface area contributed by atoms with Crippen molar-refractivity contribution in [1.82, 2.24) is 0 Å². The van der Waals surface area contributed by atoms with E-state index in [0.717, 1.165) is 66.3 Å². The lowest BCUT2D eigenvalue weighted by atomic mass is 9.92. The van der Waals surface area contributed by atoms with Gasteiger partial charge in [0.05, 0.1) is 17.1 Å². The summed E-state index contributed by atoms with van der Waals surface area (Å²) >= 11 is 0. The van der Waals surface area contributed by atoms with Gasteiger partial charge in [0, 0.05) is 26.9 Å². The number of para-hydroxylation sites is 4. The van der Waals surface area contributed by atoms with Crippen molar-refractivity contribution in [2.24, 2.45) is 0 Å². The summed E-state index contributed by atoms with van der Waals surface area (Å²) in [5.41, 5.74) is 11.1. The van der Waals surface area contributed by atoms with Gasteiger partial charge in [0.25, 0.3) is 0 Å². The molecule has 0 atom stereocenters. The molecular formula is C54H33NO2. The van der Waals surface area contributed by atoms with E-state index in [9.17, 15) is 0 Å². The maximum absolute atomic E-state index is 6.71. The monoisotopic (exact) mass is 727 g/mol. The number of nitrogens with zero attached hydrogens (tertiary/aromatic N) is 1. The highest BCUT2D eigenvalue weighted by molar-refractivity contribution is 6.17. The van der Waals surface area contributed by atoms with Crippen LogP contribution >= 0.6 is 0 Å². The lowest BCUT2D eigenvalue weighted by molar-refractivity contribution is 0.666. The minimum Gasteiger partial charge on any atom is -0.454 e. The first-order valence-corrected chi connectivity index (χ1v) is 19.4. The molecule has 3 heteroatoms. The van der Waals surface area contributed by atoms with Gasteiger partial charge in [-0.2, -0.15) is 0 Å². The Morgan fingerprint density at radius 2 is 0.789 bits per heavy atom. The molecule has 10 aromatic carbocycles. The van der Waals surface area contributed by atoms with Crippen molar-refractivity contribution in [3.63, 3.8) is 0 Å². The van der Waals surface area contributed by atoms with Gasteiger partial charge in [-0.25, -0.2) is 0 Å². The molecular weight excluding hydrogens is 695 g/mol. The molecule has 12 aromatic rings. The Morgan fingerprint density at radius 3 is 1.42 bits per heavy atom. The molecule has 0 radical (unpaired) electrons. The van der Waals surface area contributed by atoms with E-state index in [2.05, 4.69) is 181 Å². The van der Waals surface area contributed by atoms with Crippen LogP contribution in [0.2, 0.25) is 0 Å². The van der Waals surface area contributed by atoms with Crippen LogP contribution in [0, 0.1) is 0 Å². The summed E-state index contributed by atoms with van der Waals surface area (Å²) in [5, 5.41) is 11.6. The van der Waals surface area contributed by atoms with Gasteiger partial charge in [0.15, 0.2) is 11.2 Å². The van der Waals surface area contributed by atoms with Crippen LogP contribution in [0.25, 0.3) is 98.4 Å². The number of hydrogen-bond donors (Lipinski definition) is 0. The van der Waals surface area contributed by atoms with Gasteiger partial charge in [-0.3, -0.25) is 0 Å². The van der Waals surface area contributed by atoms with Gasteiger partial charge in [0.1, 0.15) is 11.2 Å². The molecule has 0 amide bonds. The summed E-state index contributed by atoms with van der Waals surface area (Å²) in [4.78, 5) is 2.33. The van der Waals surface area contributed by atoms with Crippen LogP contribution in [0.4, 0.5) is 17.1 Å². The summed E-state index contributed by atoms with van der Waals surface area (Å²) in [5.74, 6) is 0. The average Bonchev–Trinajstić information content (AvgIpc) is 3.86. The minimum absolute atomic E-state index is 0.831. The first-order valence-electron chi connectivity index (χ1n) is 19.4. The molecule has 2 heterocycles. The summed E-state index contributed by atoms with van der Waals surface area (Å²) in [6, 6.07) is 71.5. The summed E-state index contributed by atoms with van der Waals surface area (Å²) < 4.78 is 13.4. The van der Waals surface area contributed by atoms with Crippen LogP contribution in [0.5, 0.6) is 0 Å². The third kappa shape index (κ3) is 4.92. The van der Waals surface area contributed by atoms with Crippen molar-refractivity contribution < 1.29 is 8.83 Å². The quantitative estimate of drug-likeness (QED) is 0.165. The molecule has 0 aliphatic carbocycles. The molecule has 0 bridgehead atoms. The van der Waals surface area contributed by atoms with E-state index in [0.29, 0.717) is 0 Å². The van der Waals surface area contributed by atoms with Gasteiger partial charge >= 0.3 is 0 Å². The fraction of sp³-hybridized carbons (Fsp3) is 0. The zero-order chi connectivity index (χ0) is 37.5. The van der Waals surface area contributed by atoms with Crippen LogP contribution in [0.3, 0.4) is 0 Å². The van der Waals surface area contributed by atoms with Crippen molar-refractivity contribution in [3.8, 4) is 22.3 Å². The van der Waals surface area contributed by atoms with E-state index in [-0.39, 0.29) is 0 Å². The van der Waals surface area contributed by atoms with Crippen LogP contribution < -0.4 is 4.90 Å². The molecule has 0 aliphatic rings. The minimum atomic E-state index is 0.831. The van der Waals surface area contributed by atoms with Crippen molar-refractivity contribution in [1.29, 1.82) is 0 Å². The molecule has 0 unspecified atom stereocenters. The second kappa shape index (κ2) is 12.5. The van der Waals surface area contributed by atoms with Crippen LogP contribution in [-0.4, -0.2) is 0 Å². The standard InChI is InChI=1S/C54H33NO2/c1-2-12-34(13-3-1)35-26-28-39-36(32-35)24-25-37-33-38(27-29-40(37)39)41-30-31-48(43-15-5-4-14-42(41)43)55(49-20-10-18-46-44-16-6-8-22-51(44)56-53(46)49)50-21-11-19-47-45-17-7-9-23-52(45)57-54(47)50/h1-33H. The molecule has 0 saturated carbocycles. The van der Waals surface area contributed by atoms with Crippen molar-refractivity contribution in [3.05, 3.63) is 200 Å². The Labute approximate surface area is 328 Å². The predicted octanol–water partition coefficient (Wildman–Crippen LogP) is 15.7. The fourth-order valence-electron chi connectivity index (χ4n) is 8.99. The van der Waals surface area contributed by atoms with Gasteiger partial charge in [-0.15, -0.1) is 0 Å². The topological polar surface area (TPSA) is 29.5 Å². The highest BCUT2D eigenvalue weighted by Gasteiger charge is 2.25. The SMILES string of the molecule is c1ccc(-c2ccc3c(ccc4cc(-c5ccc(N(c6cccc7c6oc6ccccc67)c6cccc7c6oc6ccccc67)c6ccccc56)ccc43)c2)cc1. The van der Waals surface area contributed by atoms with E-state index in [1.165, 1.54) is 49.2 Å². The van der Waals surface area contributed by atoms with Crippen LogP contribution in [0.15, 0.2) is 209 Å². The normalized spacial score (nSPS) is 11.9. The zero-order valence-electron chi connectivity index (χ0n) is 30.8. The van der Waals surface area contributed by atoms with Crippen LogP contribution in [0.1, 0.15) is 0 Å². The number of fused-ring (bicyclic) bond motifs is 10. The van der Waals surface area contributed by atoms with E-state index < -0.39 is 0 Å². The van der Waals surface area contributed by atoms with E-state index in [4.69, 9.17) is 8.83 Å². The highest BCUT2D eigenvalue weighted by Crippen LogP contribution is 2.48. The number of hydrogen-bond acceptors (Lipinski definition) is 3. The Hall–Kier alpha value is -7.62. The molecule has 0 saturated heterocycles. The second-order valence-electron chi connectivity index (χ2n) is 14.8. The third-order valence-electron chi connectivity index (χ3n) is 11.6. The maximum atomic E-state index is 6.71. The Balaban J connectivity index is 1.06. The van der Waals surface area contributed by atoms with Crippen molar-refractivity contribution in [2.45, 2.75) is 0 Å². The van der Waals surface area contributed by atoms with E-state index in [1.54, 1.807) is 0 Å². The average molecular weight is 728 g/mol. The molecule has 3 nitrogen and oxygen atoms in total. The molecule has 0 aliphatic heterocycles. The van der Waals surface area contributed by atoms with E-state index >= 15 is 0 Å². The number of anilines is 3. The van der Waals surface area contributed by atoms with Gasteiger partial charge in [-0.05, 0) is 91.6 Å². The lowest BCUT2D eigenvalue weighted by Gasteiger charge is -2.27. The Morgan fingerprint density at radius 1 is 0.281 bits per heavy atom. The fourth-order valence-corrected chi connectivity index (χ4v) is 8.99. The zero-order valence-corrected chi connectivity index (χ0v) is 30.8. The third-order valence-corrected chi connectivity index (χ3v) is 11.6. The lowest BCUT2D eigenvalue weighted by Crippen LogP contribution is -2.11. The highest BCUT2D eigenvalue weighted by atomic mass is 16.3. The smallest absolute Gasteiger partial charge is 0.159 e. The van der Waals surface area contributed by atoms with Gasteiger partial charge in [-0.1, -0.05) is 158 Å². The van der Waals surface area contributed by atoms with Gasteiger partial charge < -0.3 is 13.7 Å². The van der Waals surface area contributed by atoms with E-state index in [1.807, 2.05) is 24.3 Å². The van der Waals surface area contributed by atoms with Crippen LogP contribution in [-0.2, 0) is 0 Å². The number of furan rings is 2.